The van der Waals surface area contributed by atoms with Gasteiger partial charge in [-0.1, -0.05) is 72.7 Å². The predicted octanol–water partition coefficient (Wildman–Crippen LogP) is 5.32. The fourth-order valence-corrected chi connectivity index (χ4v) is 3.37. The molecule has 0 saturated heterocycles. The molecule has 0 saturated carbocycles. The SMILES string of the molecule is CCC(=O)O.O=C(O)Cc1nocc1N(CCc1ccc2ccccc2c1)c1ccccc1. The number of carbonyl (C=O) groups is 2. The number of rotatable bonds is 8. The Labute approximate surface area is 191 Å². The molecular weight excluding hydrogens is 420 g/mol. The van der Waals surface area contributed by atoms with Crippen LogP contribution in [-0.4, -0.2) is 33.9 Å². The number of fused-ring (bicyclic) bond motifs is 1. The number of aromatic nitrogens is 1. The van der Waals surface area contributed by atoms with E-state index in [4.69, 9.17) is 9.63 Å². The standard InChI is InChI=1S/C23H20N2O3.C3H6O2/c26-23(27)15-21-22(16-28-24-21)25(20-8-2-1-3-9-20)13-12-17-10-11-18-6-4-5-7-19(18)14-17;1-2-3(4)5/h1-11,14,16H,12-13,15H2,(H,26,27);2H2,1H3,(H,4,5). The molecule has 0 unspecified atom stereocenters. The molecule has 0 amide bonds. The molecule has 7 heteroatoms. The maximum absolute atomic E-state index is 11.2. The highest BCUT2D eigenvalue weighted by Crippen LogP contribution is 2.29. The van der Waals surface area contributed by atoms with Gasteiger partial charge >= 0.3 is 11.9 Å². The molecule has 33 heavy (non-hydrogen) atoms. The molecule has 1 heterocycles. The lowest BCUT2D eigenvalue weighted by Gasteiger charge is -2.24. The third kappa shape index (κ3) is 6.67. The van der Waals surface area contributed by atoms with Crippen LogP contribution >= 0.6 is 0 Å². The van der Waals surface area contributed by atoms with Crippen molar-refractivity contribution in [1.82, 2.24) is 5.16 Å². The van der Waals surface area contributed by atoms with E-state index in [0.29, 0.717) is 17.9 Å². The number of aliphatic carboxylic acids is 2. The maximum atomic E-state index is 11.2. The van der Waals surface area contributed by atoms with Gasteiger partial charge in [0.05, 0.1) is 6.42 Å². The van der Waals surface area contributed by atoms with Gasteiger partial charge in [-0.25, -0.2) is 0 Å². The molecule has 1 aromatic heterocycles. The largest absolute Gasteiger partial charge is 0.481 e. The lowest BCUT2D eigenvalue weighted by atomic mass is 10.0. The fourth-order valence-electron chi connectivity index (χ4n) is 3.37. The number of para-hydroxylation sites is 1. The Hall–Kier alpha value is -4.13. The first-order valence-corrected chi connectivity index (χ1v) is 10.6. The zero-order chi connectivity index (χ0) is 23.6. The molecule has 0 aliphatic carbocycles. The van der Waals surface area contributed by atoms with E-state index in [1.807, 2.05) is 42.5 Å². The van der Waals surface area contributed by atoms with Gasteiger partial charge in [-0.15, -0.1) is 0 Å². The molecule has 0 atom stereocenters. The first kappa shape index (κ1) is 23.5. The number of benzene rings is 3. The zero-order valence-corrected chi connectivity index (χ0v) is 18.3. The van der Waals surface area contributed by atoms with Crippen LogP contribution in [0.4, 0.5) is 11.4 Å². The van der Waals surface area contributed by atoms with E-state index < -0.39 is 11.9 Å². The summed E-state index contributed by atoms with van der Waals surface area (Å²) in [6.07, 6.45) is 2.37. The molecule has 170 valence electrons. The van der Waals surface area contributed by atoms with E-state index in [1.54, 1.807) is 6.92 Å². The second kappa shape index (κ2) is 11.5. The van der Waals surface area contributed by atoms with Gasteiger partial charge in [0.15, 0.2) is 0 Å². The van der Waals surface area contributed by atoms with Crippen LogP contribution in [0.15, 0.2) is 83.6 Å². The van der Waals surface area contributed by atoms with Crippen molar-refractivity contribution < 1.29 is 24.3 Å². The minimum Gasteiger partial charge on any atom is -0.481 e. The van der Waals surface area contributed by atoms with Gasteiger partial charge in [-0.3, -0.25) is 9.59 Å². The van der Waals surface area contributed by atoms with Crippen LogP contribution in [0.5, 0.6) is 0 Å². The fraction of sp³-hybridized carbons (Fsp3) is 0.192. The van der Waals surface area contributed by atoms with Crippen molar-refractivity contribution in [3.8, 4) is 0 Å². The molecule has 4 aromatic rings. The number of hydrogen-bond acceptors (Lipinski definition) is 5. The second-order valence-electron chi connectivity index (χ2n) is 7.38. The Morgan fingerprint density at radius 1 is 0.909 bits per heavy atom. The lowest BCUT2D eigenvalue weighted by molar-refractivity contribution is -0.137. The lowest BCUT2D eigenvalue weighted by Crippen LogP contribution is -2.21. The quantitative estimate of drug-likeness (QED) is 0.378. The molecule has 0 spiro atoms. The Morgan fingerprint density at radius 2 is 1.58 bits per heavy atom. The minimum atomic E-state index is -0.933. The maximum Gasteiger partial charge on any atom is 0.309 e. The van der Waals surface area contributed by atoms with Gasteiger partial charge < -0.3 is 19.6 Å². The highest BCUT2D eigenvalue weighted by molar-refractivity contribution is 5.83. The molecule has 0 aliphatic heterocycles. The zero-order valence-electron chi connectivity index (χ0n) is 18.3. The summed E-state index contributed by atoms with van der Waals surface area (Å²) in [6.45, 7) is 2.28. The van der Waals surface area contributed by atoms with E-state index >= 15 is 0 Å². The summed E-state index contributed by atoms with van der Waals surface area (Å²) in [7, 11) is 0. The number of carboxylic acid groups (broad SMARTS) is 2. The van der Waals surface area contributed by atoms with Crippen molar-refractivity contribution in [3.63, 3.8) is 0 Å². The molecule has 0 radical (unpaired) electrons. The molecular formula is C26H26N2O5. The van der Waals surface area contributed by atoms with E-state index in [9.17, 15) is 14.7 Å². The van der Waals surface area contributed by atoms with Gasteiger partial charge in [-0.2, -0.15) is 0 Å². The summed E-state index contributed by atoms with van der Waals surface area (Å²) in [6, 6.07) is 24.6. The van der Waals surface area contributed by atoms with Crippen LogP contribution in [0, 0.1) is 0 Å². The topological polar surface area (TPSA) is 104 Å². The average molecular weight is 447 g/mol. The van der Waals surface area contributed by atoms with Crippen molar-refractivity contribution in [2.75, 3.05) is 11.4 Å². The highest BCUT2D eigenvalue weighted by Gasteiger charge is 2.19. The van der Waals surface area contributed by atoms with Crippen LogP contribution < -0.4 is 4.90 Å². The highest BCUT2D eigenvalue weighted by atomic mass is 16.5. The Kier molecular flexibility index (Phi) is 8.18. The van der Waals surface area contributed by atoms with Crippen molar-refractivity contribution in [3.05, 3.63) is 90.3 Å². The van der Waals surface area contributed by atoms with Crippen LogP contribution in [0.25, 0.3) is 10.8 Å². The molecule has 3 aromatic carbocycles. The predicted molar refractivity (Wildman–Crippen MR) is 127 cm³/mol. The van der Waals surface area contributed by atoms with Crippen LogP contribution in [-0.2, 0) is 22.4 Å². The third-order valence-electron chi connectivity index (χ3n) is 5.04. The van der Waals surface area contributed by atoms with Crippen molar-refractivity contribution >= 4 is 34.1 Å². The Morgan fingerprint density at radius 3 is 2.24 bits per heavy atom. The van der Waals surface area contributed by atoms with E-state index in [1.165, 1.54) is 22.6 Å². The van der Waals surface area contributed by atoms with Gasteiger partial charge in [0.25, 0.3) is 0 Å². The van der Waals surface area contributed by atoms with E-state index in [0.717, 1.165) is 12.1 Å². The number of nitrogens with zero attached hydrogens (tertiary/aromatic N) is 2. The molecule has 0 aliphatic rings. The summed E-state index contributed by atoms with van der Waals surface area (Å²) in [5.74, 6) is -1.68. The van der Waals surface area contributed by atoms with Crippen LogP contribution in [0.2, 0.25) is 0 Å². The van der Waals surface area contributed by atoms with Crippen LogP contribution in [0.3, 0.4) is 0 Å². The van der Waals surface area contributed by atoms with E-state index in [-0.39, 0.29) is 12.8 Å². The summed E-state index contributed by atoms with van der Waals surface area (Å²) in [5.41, 5.74) is 3.30. The Balaban J connectivity index is 0.000000555. The number of hydrogen-bond donors (Lipinski definition) is 2. The summed E-state index contributed by atoms with van der Waals surface area (Å²) in [5, 5.41) is 23.2. The second-order valence-corrected chi connectivity index (χ2v) is 7.38. The van der Waals surface area contributed by atoms with Gasteiger partial charge in [0.1, 0.15) is 17.6 Å². The van der Waals surface area contributed by atoms with Crippen molar-refractivity contribution in [2.24, 2.45) is 0 Å². The van der Waals surface area contributed by atoms with Crippen molar-refractivity contribution in [2.45, 2.75) is 26.2 Å². The first-order chi connectivity index (χ1) is 16.0. The first-order valence-electron chi connectivity index (χ1n) is 10.6. The summed E-state index contributed by atoms with van der Waals surface area (Å²) < 4.78 is 5.10. The van der Waals surface area contributed by atoms with Crippen molar-refractivity contribution in [1.29, 1.82) is 0 Å². The molecule has 7 nitrogen and oxygen atoms in total. The molecule has 0 fully saturated rings. The molecule has 0 bridgehead atoms. The molecule has 2 N–H and O–H groups in total. The molecule has 4 rings (SSSR count). The van der Waals surface area contributed by atoms with Gasteiger partial charge in [-0.05, 0) is 34.9 Å². The average Bonchev–Trinajstić information content (AvgIpc) is 3.27. The third-order valence-corrected chi connectivity index (χ3v) is 5.04. The monoisotopic (exact) mass is 446 g/mol. The smallest absolute Gasteiger partial charge is 0.309 e. The van der Waals surface area contributed by atoms with E-state index in [2.05, 4.69) is 40.4 Å². The van der Waals surface area contributed by atoms with Gasteiger partial charge in [0, 0.05) is 18.7 Å². The van der Waals surface area contributed by atoms with Gasteiger partial charge in [0.2, 0.25) is 0 Å². The normalized spacial score (nSPS) is 10.3. The van der Waals surface area contributed by atoms with Crippen LogP contribution in [0.1, 0.15) is 24.6 Å². The summed E-state index contributed by atoms with van der Waals surface area (Å²) in [4.78, 5) is 22.6. The minimum absolute atomic E-state index is 0.175. The number of carboxylic acids is 2. The Bertz CT molecular complexity index is 1200. The number of anilines is 2. The summed E-state index contributed by atoms with van der Waals surface area (Å²) >= 11 is 0.